The zero-order valence-electron chi connectivity index (χ0n) is 9.83. The van der Waals surface area contributed by atoms with E-state index < -0.39 is 0 Å². The molecule has 3 nitrogen and oxygen atoms in total. The van der Waals surface area contributed by atoms with Gasteiger partial charge < -0.3 is 14.3 Å². The maximum atomic E-state index is 11.3. The van der Waals surface area contributed by atoms with Gasteiger partial charge in [0, 0.05) is 13.2 Å². The summed E-state index contributed by atoms with van der Waals surface area (Å²) < 4.78 is 11.1. The van der Waals surface area contributed by atoms with Gasteiger partial charge in [0.05, 0.1) is 5.41 Å². The number of carbonyl (C=O) groups is 1. The topological polar surface area (TPSA) is 35.5 Å². The van der Waals surface area contributed by atoms with Gasteiger partial charge in [0.2, 0.25) is 0 Å². The van der Waals surface area contributed by atoms with E-state index in [1.54, 1.807) is 0 Å². The van der Waals surface area contributed by atoms with Crippen LogP contribution < -0.4 is 0 Å². The van der Waals surface area contributed by atoms with Crippen molar-refractivity contribution in [2.75, 3.05) is 13.2 Å². The van der Waals surface area contributed by atoms with E-state index in [1.165, 1.54) is 6.42 Å². The SMILES string of the molecule is CCOC(OCC)C1(C=O)CCCCC1. The number of carbonyl (C=O) groups excluding carboxylic acids is 1. The average Bonchev–Trinajstić information content (AvgIpc) is 2.30. The van der Waals surface area contributed by atoms with Gasteiger partial charge in [0.15, 0.2) is 6.29 Å². The third-order valence-electron chi connectivity index (χ3n) is 3.12. The van der Waals surface area contributed by atoms with Gasteiger partial charge >= 0.3 is 0 Å². The summed E-state index contributed by atoms with van der Waals surface area (Å²) in [7, 11) is 0. The van der Waals surface area contributed by atoms with E-state index in [-0.39, 0.29) is 11.7 Å². The fourth-order valence-corrected chi connectivity index (χ4v) is 2.30. The molecule has 0 aromatic heterocycles. The minimum Gasteiger partial charge on any atom is -0.352 e. The van der Waals surface area contributed by atoms with E-state index in [0.29, 0.717) is 13.2 Å². The standard InChI is InChI=1S/C12H22O3/c1-3-14-11(15-4-2)12(10-13)8-6-5-7-9-12/h10-11H,3-9H2,1-2H3. The Balaban J connectivity index is 2.69. The van der Waals surface area contributed by atoms with Crippen molar-refractivity contribution < 1.29 is 14.3 Å². The zero-order valence-corrected chi connectivity index (χ0v) is 9.83. The molecule has 1 fully saturated rings. The average molecular weight is 214 g/mol. The predicted molar refractivity (Wildman–Crippen MR) is 58.6 cm³/mol. The normalized spacial score (nSPS) is 20.5. The molecule has 15 heavy (non-hydrogen) atoms. The smallest absolute Gasteiger partial charge is 0.169 e. The lowest BCUT2D eigenvalue weighted by Gasteiger charge is -2.38. The van der Waals surface area contributed by atoms with Crippen molar-refractivity contribution >= 4 is 6.29 Å². The van der Waals surface area contributed by atoms with Gasteiger partial charge in [-0.05, 0) is 26.7 Å². The highest BCUT2D eigenvalue weighted by atomic mass is 16.7. The van der Waals surface area contributed by atoms with E-state index in [4.69, 9.17) is 9.47 Å². The molecule has 3 heteroatoms. The number of ether oxygens (including phenoxy) is 2. The maximum Gasteiger partial charge on any atom is 0.169 e. The molecule has 0 unspecified atom stereocenters. The molecule has 1 aliphatic rings. The van der Waals surface area contributed by atoms with E-state index in [0.717, 1.165) is 32.0 Å². The van der Waals surface area contributed by atoms with Gasteiger partial charge in [0.25, 0.3) is 0 Å². The third-order valence-corrected chi connectivity index (χ3v) is 3.12. The fourth-order valence-electron chi connectivity index (χ4n) is 2.30. The second-order valence-electron chi connectivity index (χ2n) is 4.15. The zero-order chi connectivity index (χ0) is 11.1. The quantitative estimate of drug-likeness (QED) is 0.503. The summed E-state index contributed by atoms with van der Waals surface area (Å²) >= 11 is 0. The molecule has 0 aromatic carbocycles. The molecule has 0 saturated heterocycles. The summed E-state index contributed by atoms with van der Waals surface area (Å²) in [5.74, 6) is 0. The van der Waals surface area contributed by atoms with Gasteiger partial charge in [0.1, 0.15) is 6.29 Å². The Morgan fingerprint density at radius 3 is 2.07 bits per heavy atom. The summed E-state index contributed by atoms with van der Waals surface area (Å²) in [5, 5.41) is 0. The second-order valence-corrected chi connectivity index (χ2v) is 4.15. The Hall–Kier alpha value is -0.410. The molecule has 1 rings (SSSR count). The molecular formula is C12H22O3. The van der Waals surface area contributed by atoms with Gasteiger partial charge in [-0.1, -0.05) is 19.3 Å². The number of hydrogen-bond acceptors (Lipinski definition) is 3. The van der Waals surface area contributed by atoms with Crippen LogP contribution in [0.4, 0.5) is 0 Å². The maximum absolute atomic E-state index is 11.3. The van der Waals surface area contributed by atoms with Crippen molar-refractivity contribution in [3.05, 3.63) is 0 Å². The molecule has 0 heterocycles. The fraction of sp³-hybridized carbons (Fsp3) is 0.917. The van der Waals surface area contributed by atoms with Crippen LogP contribution in [-0.2, 0) is 14.3 Å². The van der Waals surface area contributed by atoms with Crippen LogP contribution in [0.3, 0.4) is 0 Å². The van der Waals surface area contributed by atoms with E-state index >= 15 is 0 Å². The number of aldehydes is 1. The number of hydrogen-bond donors (Lipinski definition) is 0. The molecule has 0 radical (unpaired) electrons. The summed E-state index contributed by atoms with van der Waals surface area (Å²) in [6, 6.07) is 0. The molecule has 88 valence electrons. The minimum absolute atomic E-state index is 0.342. The first kappa shape index (κ1) is 12.7. The molecule has 0 atom stereocenters. The van der Waals surface area contributed by atoms with Crippen LogP contribution in [0.25, 0.3) is 0 Å². The lowest BCUT2D eigenvalue weighted by atomic mass is 9.74. The van der Waals surface area contributed by atoms with Gasteiger partial charge in [-0.15, -0.1) is 0 Å². The van der Waals surface area contributed by atoms with Crippen molar-refractivity contribution in [1.82, 2.24) is 0 Å². The lowest BCUT2D eigenvalue weighted by molar-refractivity contribution is -0.205. The molecule has 0 bridgehead atoms. The number of rotatable bonds is 6. The Labute approximate surface area is 92.1 Å². The highest BCUT2D eigenvalue weighted by molar-refractivity contribution is 5.60. The largest absolute Gasteiger partial charge is 0.352 e. The molecule has 0 aliphatic heterocycles. The Morgan fingerprint density at radius 1 is 1.13 bits per heavy atom. The molecule has 0 aromatic rings. The summed E-state index contributed by atoms with van der Waals surface area (Å²) in [4.78, 5) is 11.3. The summed E-state index contributed by atoms with van der Waals surface area (Å²) in [6.07, 6.45) is 5.96. The molecular weight excluding hydrogens is 192 g/mol. The molecule has 1 aliphatic carbocycles. The van der Waals surface area contributed by atoms with Crippen LogP contribution in [0.5, 0.6) is 0 Å². The van der Waals surface area contributed by atoms with Crippen molar-refractivity contribution in [2.45, 2.75) is 52.2 Å². The van der Waals surface area contributed by atoms with E-state index in [9.17, 15) is 4.79 Å². The van der Waals surface area contributed by atoms with Crippen LogP contribution in [0.15, 0.2) is 0 Å². The first-order valence-corrected chi connectivity index (χ1v) is 5.98. The highest BCUT2D eigenvalue weighted by Gasteiger charge is 2.41. The van der Waals surface area contributed by atoms with E-state index in [1.807, 2.05) is 13.8 Å². The van der Waals surface area contributed by atoms with Crippen molar-refractivity contribution in [1.29, 1.82) is 0 Å². The van der Waals surface area contributed by atoms with Gasteiger partial charge in [-0.3, -0.25) is 0 Å². The van der Waals surface area contributed by atoms with Crippen LogP contribution in [-0.4, -0.2) is 25.8 Å². The van der Waals surface area contributed by atoms with E-state index in [2.05, 4.69) is 0 Å². The molecule has 1 saturated carbocycles. The van der Waals surface area contributed by atoms with Gasteiger partial charge in [-0.25, -0.2) is 0 Å². The lowest BCUT2D eigenvalue weighted by Crippen LogP contribution is -2.42. The Bertz CT molecular complexity index is 179. The predicted octanol–water partition coefficient (Wildman–Crippen LogP) is 2.53. The Morgan fingerprint density at radius 2 is 1.67 bits per heavy atom. The molecule has 0 N–H and O–H groups in total. The van der Waals surface area contributed by atoms with Crippen LogP contribution >= 0.6 is 0 Å². The molecule has 0 spiro atoms. The second kappa shape index (κ2) is 6.23. The summed E-state index contributed by atoms with van der Waals surface area (Å²) in [6.45, 7) is 5.07. The first-order valence-electron chi connectivity index (χ1n) is 5.98. The third kappa shape index (κ3) is 3.02. The minimum atomic E-state index is -0.385. The highest BCUT2D eigenvalue weighted by Crippen LogP contribution is 2.39. The van der Waals surface area contributed by atoms with Crippen molar-refractivity contribution in [3.8, 4) is 0 Å². The molecule has 0 amide bonds. The van der Waals surface area contributed by atoms with Crippen LogP contribution in [0.1, 0.15) is 46.0 Å². The Kier molecular flexibility index (Phi) is 5.26. The monoisotopic (exact) mass is 214 g/mol. The van der Waals surface area contributed by atoms with Crippen molar-refractivity contribution in [2.24, 2.45) is 5.41 Å². The van der Waals surface area contributed by atoms with Crippen molar-refractivity contribution in [3.63, 3.8) is 0 Å². The van der Waals surface area contributed by atoms with Crippen LogP contribution in [0, 0.1) is 5.41 Å². The van der Waals surface area contributed by atoms with Gasteiger partial charge in [-0.2, -0.15) is 0 Å². The summed E-state index contributed by atoms with van der Waals surface area (Å²) in [5.41, 5.74) is -0.385. The van der Waals surface area contributed by atoms with Crippen LogP contribution in [0.2, 0.25) is 0 Å². The first-order chi connectivity index (χ1) is 7.29.